The number of halogens is 1. The maximum Gasteiger partial charge on any atom is 0.143 e. The van der Waals surface area contributed by atoms with Gasteiger partial charge in [-0.05, 0) is 41.9 Å². The van der Waals surface area contributed by atoms with Crippen molar-refractivity contribution < 1.29 is 4.52 Å². The van der Waals surface area contributed by atoms with Crippen molar-refractivity contribution in [2.24, 2.45) is 0 Å². The second kappa shape index (κ2) is 3.70. The summed E-state index contributed by atoms with van der Waals surface area (Å²) in [5, 5.41) is 5.01. The third kappa shape index (κ3) is 1.58. The van der Waals surface area contributed by atoms with Crippen molar-refractivity contribution in [3.05, 3.63) is 34.3 Å². The van der Waals surface area contributed by atoms with E-state index in [2.05, 4.69) is 31.1 Å². The van der Waals surface area contributed by atoms with E-state index in [0.717, 1.165) is 38.2 Å². The monoisotopic (exact) mass is 291 g/mol. The molecule has 0 fully saturated rings. The molecule has 0 saturated carbocycles. The van der Waals surface area contributed by atoms with Crippen molar-refractivity contribution in [1.82, 2.24) is 15.1 Å². The summed E-state index contributed by atoms with van der Waals surface area (Å²) in [5.74, 6) is 0.792. The molecule has 17 heavy (non-hydrogen) atoms. The first-order chi connectivity index (χ1) is 8.16. The second-order valence-electron chi connectivity index (χ2n) is 3.93. The van der Waals surface area contributed by atoms with E-state index in [1.165, 1.54) is 0 Å². The number of aryl methyl sites for hydroxylation is 2. The van der Waals surface area contributed by atoms with Gasteiger partial charge in [0.1, 0.15) is 11.4 Å². The maximum atomic E-state index is 5.16. The van der Waals surface area contributed by atoms with Gasteiger partial charge < -0.3 is 9.51 Å². The Hall–Kier alpha value is -1.62. The molecule has 86 valence electrons. The summed E-state index contributed by atoms with van der Waals surface area (Å²) < 4.78 is 6.18. The van der Waals surface area contributed by atoms with Crippen LogP contribution >= 0.6 is 15.9 Å². The molecule has 0 bridgehead atoms. The molecule has 3 aromatic heterocycles. The van der Waals surface area contributed by atoms with Crippen molar-refractivity contribution in [3.8, 4) is 11.3 Å². The van der Waals surface area contributed by atoms with E-state index in [1.807, 2.05) is 32.2 Å². The minimum atomic E-state index is 0.792. The lowest BCUT2D eigenvalue weighted by molar-refractivity contribution is 0.393. The van der Waals surface area contributed by atoms with Crippen molar-refractivity contribution in [3.63, 3.8) is 0 Å². The highest BCUT2D eigenvalue weighted by Gasteiger charge is 2.13. The summed E-state index contributed by atoms with van der Waals surface area (Å²) in [6.07, 6.45) is 1.88. The van der Waals surface area contributed by atoms with Crippen molar-refractivity contribution >= 4 is 27.0 Å². The van der Waals surface area contributed by atoms with E-state index in [1.54, 1.807) is 0 Å². The molecule has 0 aliphatic heterocycles. The van der Waals surface area contributed by atoms with Crippen LogP contribution in [0.1, 0.15) is 11.5 Å². The number of H-pyrrole nitrogens is 1. The Kier molecular flexibility index (Phi) is 2.29. The van der Waals surface area contributed by atoms with Crippen LogP contribution in [-0.2, 0) is 0 Å². The molecular formula is C12H10BrN3O. The number of pyridine rings is 1. The third-order valence-electron chi connectivity index (χ3n) is 2.78. The number of rotatable bonds is 1. The van der Waals surface area contributed by atoms with Crippen molar-refractivity contribution in [2.45, 2.75) is 13.8 Å². The van der Waals surface area contributed by atoms with Crippen LogP contribution in [0.15, 0.2) is 27.3 Å². The minimum Gasteiger partial charge on any atom is -0.361 e. The van der Waals surface area contributed by atoms with Gasteiger partial charge in [0, 0.05) is 16.1 Å². The predicted molar refractivity (Wildman–Crippen MR) is 68.8 cm³/mol. The largest absolute Gasteiger partial charge is 0.361 e. The molecular weight excluding hydrogens is 282 g/mol. The molecule has 0 spiro atoms. The van der Waals surface area contributed by atoms with Crippen LogP contribution in [0.3, 0.4) is 0 Å². The van der Waals surface area contributed by atoms with E-state index in [-0.39, 0.29) is 0 Å². The van der Waals surface area contributed by atoms with Gasteiger partial charge in [0.25, 0.3) is 0 Å². The summed E-state index contributed by atoms with van der Waals surface area (Å²) in [4.78, 5) is 7.69. The third-order valence-corrected chi connectivity index (χ3v) is 3.43. The smallest absolute Gasteiger partial charge is 0.143 e. The van der Waals surface area contributed by atoms with Crippen molar-refractivity contribution in [2.75, 3.05) is 0 Å². The lowest BCUT2D eigenvalue weighted by atomic mass is 10.1. The topological polar surface area (TPSA) is 54.7 Å². The van der Waals surface area contributed by atoms with Crippen LogP contribution in [0.4, 0.5) is 0 Å². The number of fused-ring (bicyclic) bond motifs is 1. The lowest BCUT2D eigenvalue weighted by Gasteiger charge is -1.99. The zero-order valence-corrected chi connectivity index (χ0v) is 11.0. The van der Waals surface area contributed by atoms with Gasteiger partial charge in [-0.15, -0.1) is 0 Å². The number of hydrogen-bond donors (Lipinski definition) is 1. The van der Waals surface area contributed by atoms with E-state index < -0.39 is 0 Å². The summed E-state index contributed by atoms with van der Waals surface area (Å²) in [7, 11) is 0. The average molecular weight is 292 g/mol. The van der Waals surface area contributed by atoms with Crippen LogP contribution in [0.5, 0.6) is 0 Å². The first kappa shape index (κ1) is 10.5. The second-order valence-corrected chi connectivity index (χ2v) is 4.78. The number of aromatic nitrogens is 3. The molecule has 0 aliphatic carbocycles. The van der Waals surface area contributed by atoms with Crippen LogP contribution in [0.25, 0.3) is 22.3 Å². The van der Waals surface area contributed by atoms with Gasteiger partial charge in [-0.3, -0.25) is 0 Å². The molecule has 0 saturated heterocycles. The highest BCUT2D eigenvalue weighted by Crippen LogP contribution is 2.29. The SMILES string of the molecule is Cc1noc(C)c1-c1ccc2c(Br)c[nH]c2n1. The molecule has 0 unspecified atom stereocenters. The fraction of sp³-hybridized carbons (Fsp3) is 0.167. The van der Waals surface area contributed by atoms with Crippen LogP contribution in [0.2, 0.25) is 0 Å². The summed E-state index contributed by atoms with van der Waals surface area (Å²) in [5.41, 5.74) is 3.56. The molecule has 0 aromatic carbocycles. The van der Waals surface area contributed by atoms with Gasteiger partial charge in [0.2, 0.25) is 0 Å². The van der Waals surface area contributed by atoms with Crippen molar-refractivity contribution in [1.29, 1.82) is 0 Å². The average Bonchev–Trinajstić information content (AvgIpc) is 2.83. The highest BCUT2D eigenvalue weighted by molar-refractivity contribution is 9.10. The fourth-order valence-corrected chi connectivity index (χ4v) is 2.39. The van der Waals surface area contributed by atoms with Gasteiger partial charge in [-0.25, -0.2) is 4.98 Å². The molecule has 4 nitrogen and oxygen atoms in total. The van der Waals surface area contributed by atoms with E-state index >= 15 is 0 Å². The predicted octanol–water partition coefficient (Wildman–Crippen LogP) is 3.60. The minimum absolute atomic E-state index is 0.792. The Bertz CT molecular complexity index is 679. The summed E-state index contributed by atoms with van der Waals surface area (Å²) >= 11 is 3.47. The molecule has 5 heteroatoms. The van der Waals surface area contributed by atoms with E-state index in [0.29, 0.717) is 0 Å². The van der Waals surface area contributed by atoms with Gasteiger partial charge in [-0.1, -0.05) is 5.16 Å². The van der Waals surface area contributed by atoms with Gasteiger partial charge >= 0.3 is 0 Å². The fourth-order valence-electron chi connectivity index (χ4n) is 1.96. The molecule has 1 N–H and O–H groups in total. The molecule has 0 radical (unpaired) electrons. The van der Waals surface area contributed by atoms with Gasteiger partial charge in [0.15, 0.2) is 0 Å². The van der Waals surface area contributed by atoms with Gasteiger partial charge in [-0.2, -0.15) is 0 Å². The first-order valence-corrected chi connectivity index (χ1v) is 6.03. The normalized spacial score (nSPS) is 11.2. The van der Waals surface area contributed by atoms with Crippen LogP contribution in [0, 0.1) is 13.8 Å². The Balaban J connectivity index is 2.25. The van der Waals surface area contributed by atoms with E-state index in [4.69, 9.17) is 4.52 Å². The van der Waals surface area contributed by atoms with Crippen LogP contribution < -0.4 is 0 Å². The Morgan fingerprint density at radius 3 is 2.82 bits per heavy atom. The summed E-state index contributed by atoms with van der Waals surface area (Å²) in [6, 6.07) is 4.01. The highest BCUT2D eigenvalue weighted by atomic mass is 79.9. The first-order valence-electron chi connectivity index (χ1n) is 5.23. The Labute approximate surface area is 106 Å². The molecule has 0 aliphatic rings. The zero-order chi connectivity index (χ0) is 12.0. The number of nitrogens with zero attached hydrogens (tertiary/aromatic N) is 2. The van der Waals surface area contributed by atoms with Gasteiger partial charge in [0.05, 0.1) is 17.0 Å². The molecule has 0 atom stereocenters. The number of nitrogens with one attached hydrogen (secondary N) is 1. The molecule has 3 heterocycles. The molecule has 3 rings (SSSR count). The molecule has 0 amide bonds. The lowest BCUT2D eigenvalue weighted by Crippen LogP contribution is -1.87. The maximum absolute atomic E-state index is 5.16. The molecule has 3 aromatic rings. The van der Waals surface area contributed by atoms with Crippen LogP contribution in [-0.4, -0.2) is 15.1 Å². The van der Waals surface area contributed by atoms with E-state index in [9.17, 15) is 0 Å². The number of aromatic amines is 1. The zero-order valence-electron chi connectivity index (χ0n) is 9.41. The standard InChI is InChI=1S/C12H10BrN3O/c1-6-11(7(2)17-16-6)10-4-3-8-9(13)5-14-12(8)15-10/h3-5H,1-2H3,(H,14,15). The Morgan fingerprint density at radius 1 is 1.29 bits per heavy atom. The summed E-state index contributed by atoms with van der Waals surface area (Å²) in [6.45, 7) is 3.81. The quantitative estimate of drug-likeness (QED) is 0.745. The Morgan fingerprint density at radius 2 is 2.12 bits per heavy atom. The number of hydrogen-bond acceptors (Lipinski definition) is 3.